The highest BCUT2D eigenvalue weighted by molar-refractivity contribution is 7.99. The Balaban J connectivity index is 1.59. The number of rotatable bonds is 6. The number of aromatic nitrogens is 2. The summed E-state index contributed by atoms with van der Waals surface area (Å²) in [7, 11) is 0. The molecule has 0 atom stereocenters. The fourth-order valence-electron chi connectivity index (χ4n) is 2.17. The molecule has 0 aliphatic rings. The zero-order valence-electron chi connectivity index (χ0n) is 13.9. The van der Waals surface area contributed by atoms with E-state index in [-0.39, 0.29) is 11.5 Å². The van der Waals surface area contributed by atoms with Crippen LogP contribution in [0.1, 0.15) is 15.9 Å². The lowest BCUT2D eigenvalue weighted by atomic mass is 10.1. The number of ketones is 1. The van der Waals surface area contributed by atoms with E-state index in [1.165, 1.54) is 11.8 Å². The second-order valence-corrected chi connectivity index (χ2v) is 6.44. The Hall–Kier alpha value is -3.13. The standard InChI is InChI=1S/C18H16N4O3S/c1-11-2-4-13(5-3-11)16-21-22-18(25-16)26-10-15(23)12-6-8-14(9-7-12)20-17(19)24/h2-9H,10H2,1H3,(H3,19,20,24). The van der Waals surface area contributed by atoms with Gasteiger partial charge in [-0.05, 0) is 43.3 Å². The highest BCUT2D eigenvalue weighted by Gasteiger charge is 2.12. The van der Waals surface area contributed by atoms with Crippen molar-refractivity contribution in [1.82, 2.24) is 10.2 Å². The lowest BCUT2D eigenvalue weighted by Crippen LogP contribution is -2.19. The van der Waals surface area contributed by atoms with Gasteiger partial charge in [-0.15, -0.1) is 10.2 Å². The van der Waals surface area contributed by atoms with Crippen molar-refractivity contribution in [3.63, 3.8) is 0 Å². The molecule has 0 unspecified atom stereocenters. The van der Waals surface area contributed by atoms with Crippen molar-refractivity contribution in [1.29, 1.82) is 0 Å². The third-order valence-corrected chi connectivity index (χ3v) is 4.32. The predicted octanol–water partition coefficient (Wildman–Crippen LogP) is 3.51. The molecule has 2 amide bonds. The quantitative estimate of drug-likeness (QED) is 0.509. The Morgan fingerprint density at radius 2 is 1.77 bits per heavy atom. The molecule has 132 valence electrons. The number of carbonyl (C=O) groups is 2. The molecule has 1 aromatic heterocycles. The number of primary amides is 1. The number of anilines is 1. The molecule has 1 heterocycles. The molecular formula is C18H16N4O3S. The van der Waals surface area contributed by atoms with Crippen LogP contribution in [0.2, 0.25) is 0 Å². The predicted molar refractivity (Wildman–Crippen MR) is 99.2 cm³/mol. The van der Waals surface area contributed by atoms with Gasteiger partial charge in [0.15, 0.2) is 5.78 Å². The third kappa shape index (κ3) is 4.48. The lowest BCUT2D eigenvalue weighted by molar-refractivity contribution is 0.102. The highest BCUT2D eigenvalue weighted by atomic mass is 32.2. The Morgan fingerprint density at radius 3 is 2.42 bits per heavy atom. The molecule has 0 fully saturated rings. The van der Waals surface area contributed by atoms with Crippen LogP contribution < -0.4 is 11.1 Å². The van der Waals surface area contributed by atoms with Gasteiger partial charge in [0.05, 0.1) is 5.75 Å². The van der Waals surface area contributed by atoms with Gasteiger partial charge < -0.3 is 15.5 Å². The van der Waals surface area contributed by atoms with E-state index in [1.54, 1.807) is 24.3 Å². The van der Waals surface area contributed by atoms with E-state index < -0.39 is 6.03 Å². The molecule has 0 saturated carbocycles. The molecular weight excluding hydrogens is 352 g/mol. The maximum Gasteiger partial charge on any atom is 0.316 e. The smallest absolute Gasteiger partial charge is 0.316 e. The average Bonchev–Trinajstić information content (AvgIpc) is 3.09. The third-order valence-electron chi connectivity index (χ3n) is 3.51. The van der Waals surface area contributed by atoms with E-state index >= 15 is 0 Å². The van der Waals surface area contributed by atoms with Crippen LogP contribution in [-0.4, -0.2) is 27.8 Å². The summed E-state index contributed by atoms with van der Waals surface area (Å²) in [5.74, 6) is 0.496. The van der Waals surface area contributed by atoms with Crippen molar-refractivity contribution in [3.8, 4) is 11.5 Å². The maximum atomic E-state index is 12.2. The number of benzene rings is 2. The van der Waals surface area contributed by atoms with Crippen molar-refractivity contribution in [2.75, 3.05) is 11.1 Å². The number of aryl methyl sites for hydroxylation is 1. The van der Waals surface area contributed by atoms with E-state index in [0.717, 1.165) is 11.1 Å². The van der Waals surface area contributed by atoms with Gasteiger partial charge in [-0.3, -0.25) is 4.79 Å². The van der Waals surface area contributed by atoms with Crippen LogP contribution in [0.3, 0.4) is 0 Å². The van der Waals surface area contributed by atoms with Gasteiger partial charge in [0.25, 0.3) is 5.22 Å². The van der Waals surface area contributed by atoms with Crippen LogP contribution in [0.4, 0.5) is 10.5 Å². The Morgan fingerprint density at radius 1 is 1.08 bits per heavy atom. The van der Waals surface area contributed by atoms with Crippen LogP contribution in [0.5, 0.6) is 0 Å². The first kappa shape index (κ1) is 17.7. The van der Waals surface area contributed by atoms with Gasteiger partial charge in [-0.1, -0.05) is 29.5 Å². The summed E-state index contributed by atoms with van der Waals surface area (Å²) in [6.45, 7) is 2.00. The van der Waals surface area contributed by atoms with Crippen molar-refractivity contribution < 1.29 is 14.0 Å². The molecule has 3 rings (SSSR count). The lowest BCUT2D eigenvalue weighted by Gasteiger charge is -2.03. The minimum atomic E-state index is -0.652. The number of urea groups is 1. The number of carbonyl (C=O) groups excluding carboxylic acids is 2. The first-order valence-electron chi connectivity index (χ1n) is 7.74. The van der Waals surface area contributed by atoms with Crippen molar-refractivity contribution in [2.24, 2.45) is 5.73 Å². The molecule has 0 radical (unpaired) electrons. The molecule has 3 N–H and O–H groups in total. The summed E-state index contributed by atoms with van der Waals surface area (Å²) in [5, 5.41) is 10.7. The maximum absolute atomic E-state index is 12.2. The minimum Gasteiger partial charge on any atom is -0.411 e. The number of hydrogen-bond donors (Lipinski definition) is 2. The van der Waals surface area contributed by atoms with E-state index in [0.29, 0.717) is 22.4 Å². The Labute approximate surface area is 154 Å². The number of Topliss-reactive ketones (excluding diaryl/α,β-unsaturated/α-hetero) is 1. The fraction of sp³-hybridized carbons (Fsp3) is 0.111. The SMILES string of the molecule is Cc1ccc(-c2nnc(SCC(=O)c3ccc(NC(N)=O)cc3)o2)cc1. The summed E-state index contributed by atoms with van der Waals surface area (Å²) < 4.78 is 5.59. The molecule has 7 nitrogen and oxygen atoms in total. The summed E-state index contributed by atoms with van der Waals surface area (Å²) >= 11 is 1.18. The van der Waals surface area contributed by atoms with Gasteiger partial charge in [-0.25, -0.2) is 4.79 Å². The molecule has 0 saturated heterocycles. The van der Waals surface area contributed by atoms with Gasteiger partial charge in [-0.2, -0.15) is 0 Å². The number of hydrogen-bond acceptors (Lipinski definition) is 6. The second-order valence-electron chi connectivity index (χ2n) is 5.52. The number of amides is 2. The van der Waals surface area contributed by atoms with Crippen LogP contribution >= 0.6 is 11.8 Å². The Bertz CT molecular complexity index is 920. The monoisotopic (exact) mass is 368 g/mol. The second kappa shape index (κ2) is 7.83. The highest BCUT2D eigenvalue weighted by Crippen LogP contribution is 2.24. The molecule has 26 heavy (non-hydrogen) atoms. The molecule has 0 bridgehead atoms. The van der Waals surface area contributed by atoms with Crippen molar-refractivity contribution >= 4 is 29.3 Å². The number of nitrogens with two attached hydrogens (primary N) is 1. The van der Waals surface area contributed by atoms with Gasteiger partial charge in [0.2, 0.25) is 5.89 Å². The molecule has 0 aliphatic carbocycles. The first-order valence-corrected chi connectivity index (χ1v) is 8.73. The molecule has 8 heteroatoms. The van der Waals surface area contributed by atoms with Crippen LogP contribution in [0.15, 0.2) is 58.2 Å². The summed E-state index contributed by atoms with van der Waals surface area (Å²) in [5.41, 5.74) is 8.07. The van der Waals surface area contributed by atoms with Crippen LogP contribution in [0.25, 0.3) is 11.5 Å². The van der Waals surface area contributed by atoms with Gasteiger partial charge in [0.1, 0.15) is 0 Å². The number of nitrogens with one attached hydrogen (secondary N) is 1. The van der Waals surface area contributed by atoms with Gasteiger partial charge >= 0.3 is 6.03 Å². The normalized spacial score (nSPS) is 10.5. The van der Waals surface area contributed by atoms with E-state index in [9.17, 15) is 9.59 Å². The van der Waals surface area contributed by atoms with Crippen molar-refractivity contribution in [3.05, 3.63) is 59.7 Å². The van der Waals surface area contributed by atoms with E-state index in [1.807, 2.05) is 31.2 Å². The van der Waals surface area contributed by atoms with E-state index in [4.69, 9.17) is 10.2 Å². The van der Waals surface area contributed by atoms with Crippen molar-refractivity contribution in [2.45, 2.75) is 12.1 Å². The fourth-order valence-corrected chi connectivity index (χ4v) is 2.83. The minimum absolute atomic E-state index is 0.0873. The number of thioether (sulfide) groups is 1. The Kier molecular flexibility index (Phi) is 5.33. The average molecular weight is 368 g/mol. The van der Waals surface area contributed by atoms with Gasteiger partial charge in [0, 0.05) is 16.8 Å². The van der Waals surface area contributed by atoms with Crippen LogP contribution in [0, 0.1) is 6.92 Å². The first-order chi connectivity index (χ1) is 12.5. The molecule has 3 aromatic rings. The summed E-state index contributed by atoms with van der Waals surface area (Å²) in [6, 6.07) is 13.6. The van der Waals surface area contributed by atoms with Crippen LogP contribution in [-0.2, 0) is 0 Å². The topological polar surface area (TPSA) is 111 Å². The molecule has 0 spiro atoms. The largest absolute Gasteiger partial charge is 0.411 e. The molecule has 0 aliphatic heterocycles. The number of nitrogens with zero attached hydrogens (tertiary/aromatic N) is 2. The zero-order valence-corrected chi connectivity index (χ0v) is 14.7. The van der Waals surface area contributed by atoms with E-state index in [2.05, 4.69) is 15.5 Å². The molecule has 2 aromatic carbocycles. The summed E-state index contributed by atoms with van der Waals surface area (Å²) in [4.78, 5) is 23.0. The zero-order chi connectivity index (χ0) is 18.5. The summed E-state index contributed by atoms with van der Waals surface area (Å²) in [6.07, 6.45) is 0.